The molecule has 1 amide bonds. The number of sulfone groups is 1. The van der Waals surface area contributed by atoms with Crippen molar-refractivity contribution in [2.24, 2.45) is 5.73 Å². The van der Waals surface area contributed by atoms with Crippen LogP contribution in [0.1, 0.15) is 49.9 Å². The number of nitrogens with zero attached hydrogens (tertiary/aromatic N) is 6. The van der Waals surface area contributed by atoms with Gasteiger partial charge in [0.05, 0.1) is 35.0 Å². The molecule has 0 radical (unpaired) electrons. The van der Waals surface area contributed by atoms with Crippen LogP contribution in [0.2, 0.25) is 0 Å². The van der Waals surface area contributed by atoms with Gasteiger partial charge >= 0.3 is 0 Å². The number of fused-ring (bicyclic) bond motifs is 1. The standard InChI is InChI=1S/C27H25N7O5S/c1-27(2,14-28)26-32-31-24(38-26)18-9-10-21-20(11-18)34(25(35)19(29)13-40(21,36)37)12-15-3-5-17(6-4-15)23-30-22(33-39-23)16-7-8-16/h3-6,9-11,16,19H,7-8,12-13,29H2,1-2H3/t19-/m0/s1. The molecule has 12 nitrogen and oxygen atoms in total. The van der Waals surface area contributed by atoms with Gasteiger partial charge in [-0.25, -0.2) is 8.42 Å². The summed E-state index contributed by atoms with van der Waals surface area (Å²) in [6.07, 6.45) is 2.13. The highest BCUT2D eigenvalue weighted by Gasteiger charge is 2.37. The summed E-state index contributed by atoms with van der Waals surface area (Å²) in [7, 11) is -3.87. The van der Waals surface area contributed by atoms with E-state index in [0.717, 1.165) is 24.0 Å². The SMILES string of the molecule is CC(C)(C#N)c1nnc(-c2ccc3c(c2)N(Cc2ccc(-c4nc(C5CC5)no4)cc2)C(=O)[C@@H](N)CS3(=O)=O)o1. The molecule has 0 unspecified atom stereocenters. The normalized spacial score (nSPS) is 18.7. The maximum Gasteiger partial charge on any atom is 0.257 e. The fourth-order valence-electron chi connectivity index (χ4n) is 4.44. The molecule has 2 aliphatic rings. The second kappa shape index (κ2) is 9.35. The monoisotopic (exact) mass is 559 g/mol. The smallest absolute Gasteiger partial charge is 0.257 e. The van der Waals surface area contributed by atoms with Crippen LogP contribution in [0.4, 0.5) is 5.69 Å². The van der Waals surface area contributed by atoms with E-state index in [9.17, 15) is 18.5 Å². The number of rotatable bonds is 6. The van der Waals surface area contributed by atoms with Crippen LogP contribution in [0, 0.1) is 11.3 Å². The van der Waals surface area contributed by atoms with E-state index in [1.807, 2.05) is 24.3 Å². The number of benzene rings is 2. The Labute approximate surface area is 229 Å². The second-order valence-electron chi connectivity index (χ2n) is 10.6. The zero-order valence-corrected chi connectivity index (χ0v) is 22.6. The summed E-state index contributed by atoms with van der Waals surface area (Å²) in [6.45, 7) is 3.35. The molecule has 0 bridgehead atoms. The van der Waals surface area contributed by atoms with Crippen molar-refractivity contribution in [1.82, 2.24) is 20.3 Å². The van der Waals surface area contributed by atoms with Crippen LogP contribution >= 0.6 is 0 Å². The zero-order chi connectivity index (χ0) is 28.2. The Balaban J connectivity index is 1.35. The van der Waals surface area contributed by atoms with Gasteiger partial charge in [-0.05, 0) is 62.6 Å². The lowest BCUT2D eigenvalue weighted by atomic mass is 9.96. The summed E-state index contributed by atoms with van der Waals surface area (Å²) in [5, 5.41) is 21.5. The Morgan fingerprint density at radius 3 is 2.52 bits per heavy atom. The van der Waals surface area contributed by atoms with Crippen molar-refractivity contribution in [2.45, 2.75) is 55.5 Å². The number of carbonyl (C=O) groups is 1. The van der Waals surface area contributed by atoms with Gasteiger partial charge < -0.3 is 19.6 Å². The summed E-state index contributed by atoms with van der Waals surface area (Å²) in [6, 6.07) is 12.6. The van der Waals surface area contributed by atoms with Crippen molar-refractivity contribution in [3.05, 3.63) is 59.7 Å². The minimum atomic E-state index is -3.87. The highest BCUT2D eigenvalue weighted by molar-refractivity contribution is 7.91. The topological polar surface area (TPSA) is 182 Å². The van der Waals surface area contributed by atoms with Gasteiger partial charge in [0.15, 0.2) is 15.7 Å². The Kier molecular flexibility index (Phi) is 6.04. The molecule has 6 rings (SSSR count). The van der Waals surface area contributed by atoms with Gasteiger partial charge in [0.1, 0.15) is 5.41 Å². The number of hydrogen-bond acceptors (Lipinski definition) is 11. The number of carbonyl (C=O) groups excluding carboxylic acids is 1. The van der Waals surface area contributed by atoms with Crippen LogP contribution in [-0.4, -0.2) is 46.5 Å². The largest absolute Gasteiger partial charge is 0.419 e. The lowest BCUT2D eigenvalue weighted by Gasteiger charge is -2.24. The first-order chi connectivity index (χ1) is 19.1. The molecular weight excluding hydrogens is 534 g/mol. The van der Waals surface area contributed by atoms with Gasteiger partial charge in [0.25, 0.3) is 5.89 Å². The summed E-state index contributed by atoms with van der Waals surface area (Å²) in [5.74, 6) is 0.651. The van der Waals surface area contributed by atoms with Crippen LogP contribution in [0.5, 0.6) is 0 Å². The first kappa shape index (κ1) is 25.8. The number of hydrogen-bond donors (Lipinski definition) is 1. The molecule has 1 aliphatic carbocycles. The third kappa shape index (κ3) is 4.65. The molecule has 2 aromatic heterocycles. The Bertz CT molecular complexity index is 1760. The van der Waals surface area contributed by atoms with Crippen molar-refractivity contribution in [3.8, 4) is 29.0 Å². The van der Waals surface area contributed by atoms with E-state index in [1.54, 1.807) is 13.8 Å². The molecule has 2 aromatic carbocycles. The number of aromatic nitrogens is 4. The summed E-state index contributed by atoms with van der Waals surface area (Å²) in [5.41, 5.74) is 7.07. The molecule has 4 aromatic rings. The fraction of sp³-hybridized carbons (Fsp3) is 0.333. The maximum absolute atomic E-state index is 13.4. The van der Waals surface area contributed by atoms with Crippen molar-refractivity contribution in [2.75, 3.05) is 10.7 Å². The number of anilines is 1. The molecule has 2 N–H and O–H groups in total. The van der Waals surface area contributed by atoms with E-state index in [1.165, 1.54) is 23.1 Å². The molecule has 204 valence electrons. The van der Waals surface area contributed by atoms with Gasteiger partial charge in [-0.3, -0.25) is 4.79 Å². The van der Waals surface area contributed by atoms with Gasteiger partial charge in [-0.2, -0.15) is 10.2 Å². The minimum Gasteiger partial charge on any atom is -0.419 e. The van der Waals surface area contributed by atoms with Crippen LogP contribution in [0.3, 0.4) is 0 Å². The molecule has 3 heterocycles. The van der Waals surface area contributed by atoms with Crippen molar-refractivity contribution >= 4 is 21.4 Å². The van der Waals surface area contributed by atoms with E-state index in [-0.39, 0.29) is 28.9 Å². The van der Waals surface area contributed by atoms with Crippen molar-refractivity contribution in [1.29, 1.82) is 5.26 Å². The van der Waals surface area contributed by atoms with Crippen LogP contribution < -0.4 is 10.6 Å². The summed E-state index contributed by atoms with van der Waals surface area (Å²) in [4.78, 5) is 19.2. The van der Waals surface area contributed by atoms with Gasteiger partial charge in [0.2, 0.25) is 17.7 Å². The summed E-state index contributed by atoms with van der Waals surface area (Å²) >= 11 is 0. The molecule has 0 saturated heterocycles. The Morgan fingerprint density at radius 1 is 1.10 bits per heavy atom. The molecular formula is C27H25N7O5S. The number of amides is 1. The molecule has 13 heteroatoms. The second-order valence-corrected chi connectivity index (χ2v) is 12.6. The predicted octanol–water partition coefficient (Wildman–Crippen LogP) is 3.11. The molecule has 40 heavy (non-hydrogen) atoms. The van der Waals surface area contributed by atoms with Gasteiger partial charge in [-0.1, -0.05) is 17.3 Å². The molecule has 1 saturated carbocycles. The van der Waals surface area contributed by atoms with E-state index < -0.39 is 33.0 Å². The highest BCUT2D eigenvalue weighted by Crippen LogP contribution is 2.39. The third-order valence-electron chi connectivity index (χ3n) is 6.98. The van der Waals surface area contributed by atoms with Crippen LogP contribution in [0.25, 0.3) is 22.9 Å². The number of nitrogens with two attached hydrogens (primary N) is 1. The van der Waals surface area contributed by atoms with E-state index >= 15 is 0 Å². The van der Waals surface area contributed by atoms with Crippen molar-refractivity contribution < 1.29 is 22.2 Å². The first-order valence-corrected chi connectivity index (χ1v) is 14.3. The quantitative estimate of drug-likeness (QED) is 0.366. The molecule has 1 fully saturated rings. The predicted molar refractivity (Wildman–Crippen MR) is 141 cm³/mol. The lowest BCUT2D eigenvalue weighted by molar-refractivity contribution is -0.119. The Hall–Kier alpha value is -4.41. The fourth-order valence-corrected chi connectivity index (χ4v) is 6.00. The molecule has 0 spiro atoms. The van der Waals surface area contributed by atoms with Gasteiger partial charge in [0, 0.05) is 17.0 Å². The Morgan fingerprint density at radius 2 is 1.82 bits per heavy atom. The van der Waals surface area contributed by atoms with E-state index in [0.29, 0.717) is 23.2 Å². The van der Waals surface area contributed by atoms with Crippen molar-refractivity contribution in [3.63, 3.8) is 0 Å². The minimum absolute atomic E-state index is 0.0234. The lowest BCUT2D eigenvalue weighted by Crippen LogP contribution is -2.45. The maximum atomic E-state index is 13.4. The van der Waals surface area contributed by atoms with E-state index in [2.05, 4.69) is 26.4 Å². The van der Waals surface area contributed by atoms with Crippen LogP contribution in [-0.2, 0) is 26.6 Å². The van der Waals surface area contributed by atoms with Crippen LogP contribution in [0.15, 0.2) is 56.3 Å². The highest BCUT2D eigenvalue weighted by atomic mass is 32.2. The average molecular weight is 560 g/mol. The third-order valence-corrected chi connectivity index (χ3v) is 8.79. The first-order valence-electron chi connectivity index (χ1n) is 12.7. The van der Waals surface area contributed by atoms with E-state index in [4.69, 9.17) is 14.7 Å². The van der Waals surface area contributed by atoms with Gasteiger partial charge in [-0.15, -0.1) is 10.2 Å². The number of nitriles is 1. The molecule has 1 aliphatic heterocycles. The zero-order valence-electron chi connectivity index (χ0n) is 21.7. The summed E-state index contributed by atoms with van der Waals surface area (Å²) < 4.78 is 37.4. The average Bonchev–Trinajstić information content (AvgIpc) is 3.46. The molecule has 1 atom stereocenters.